The highest BCUT2D eigenvalue weighted by atomic mass is 19.1. The third-order valence-electron chi connectivity index (χ3n) is 6.40. The minimum atomic E-state index is -0.262. The molecule has 2 aromatic rings. The van der Waals surface area contributed by atoms with Crippen LogP contribution in [0, 0.1) is 17.2 Å². The van der Waals surface area contributed by atoms with Gasteiger partial charge in [0.15, 0.2) is 0 Å². The predicted molar refractivity (Wildman–Crippen MR) is 109 cm³/mol. The van der Waals surface area contributed by atoms with Gasteiger partial charge in [0.05, 0.1) is 29.7 Å². The Morgan fingerprint density at radius 1 is 1.28 bits per heavy atom. The summed E-state index contributed by atoms with van der Waals surface area (Å²) in [6.07, 6.45) is 7.55. The van der Waals surface area contributed by atoms with E-state index in [2.05, 4.69) is 24.3 Å². The minimum Gasteiger partial charge on any atom is -0.381 e. The van der Waals surface area contributed by atoms with Crippen molar-refractivity contribution in [3.63, 3.8) is 0 Å². The van der Waals surface area contributed by atoms with Crippen molar-refractivity contribution in [3.8, 4) is 5.69 Å². The summed E-state index contributed by atoms with van der Waals surface area (Å²) >= 11 is 0. The molecule has 1 amide bonds. The summed E-state index contributed by atoms with van der Waals surface area (Å²) in [6, 6.07) is 6.33. The van der Waals surface area contributed by atoms with Crippen LogP contribution in [0.2, 0.25) is 0 Å². The van der Waals surface area contributed by atoms with Gasteiger partial charge in [0, 0.05) is 18.6 Å². The van der Waals surface area contributed by atoms with Crippen LogP contribution in [0.4, 0.5) is 4.39 Å². The van der Waals surface area contributed by atoms with E-state index in [0.717, 1.165) is 55.5 Å². The van der Waals surface area contributed by atoms with Gasteiger partial charge < -0.3 is 10.1 Å². The Morgan fingerprint density at radius 2 is 2.03 bits per heavy atom. The zero-order chi connectivity index (χ0) is 20.6. The number of carbonyl (C=O) groups is 1. The highest BCUT2D eigenvalue weighted by Crippen LogP contribution is 2.41. The smallest absolute Gasteiger partial charge is 0.223 e. The van der Waals surface area contributed by atoms with Gasteiger partial charge in [-0.1, -0.05) is 20.3 Å². The van der Waals surface area contributed by atoms with Crippen LogP contribution >= 0.6 is 0 Å². The number of nitrogens with zero attached hydrogens (tertiary/aromatic N) is 2. The Morgan fingerprint density at radius 3 is 2.76 bits per heavy atom. The Labute approximate surface area is 171 Å². The molecular formula is C23H30FN3O2. The number of methoxy groups -OCH3 is 1. The summed E-state index contributed by atoms with van der Waals surface area (Å²) < 4.78 is 20.7. The van der Waals surface area contributed by atoms with Gasteiger partial charge in [-0.15, -0.1) is 0 Å². The molecule has 1 N–H and O–H groups in total. The quantitative estimate of drug-likeness (QED) is 0.832. The predicted octanol–water partition coefficient (Wildman–Crippen LogP) is 4.35. The molecule has 0 spiro atoms. The van der Waals surface area contributed by atoms with E-state index in [-0.39, 0.29) is 35.2 Å². The second-order valence-corrected chi connectivity index (χ2v) is 9.26. The number of amides is 1. The zero-order valence-electron chi connectivity index (χ0n) is 17.5. The molecule has 5 nitrogen and oxygen atoms in total. The molecule has 2 aliphatic rings. The van der Waals surface area contributed by atoms with E-state index in [1.54, 1.807) is 19.2 Å². The molecule has 0 saturated heterocycles. The normalized spacial score (nSPS) is 26.0. The van der Waals surface area contributed by atoms with Gasteiger partial charge in [-0.2, -0.15) is 5.10 Å². The number of aromatic nitrogens is 2. The standard InChI is InChI=1S/C23H30FN3O2/c1-23(2)12-20(26-22(28)15-5-4-6-18(11-15)29-3)19-14-25-27(21(19)13-23)17-9-7-16(24)8-10-17/h7-10,14-15,18,20H,4-6,11-13H2,1-3H3,(H,26,28)/t15-,18+,20-/m0/s1. The Hall–Kier alpha value is -2.21. The van der Waals surface area contributed by atoms with Crippen molar-refractivity contribution in [2.24, 2.45) is 11.3 Å². The average molecular weight is 400 g/mol. The Balaban J connectivity index is 1.58. The van der Waals surface area contributed by atoms with E-state index in [9.17, 15) is 9.18 Å². The van der Waals surface area contributed by atoms with Crippen molar-refractivity contribution in [1.29, 1.82) is 0 Å². The molecule has 29 heavy (non-hydrogen) atoms. The molecule has 4 rings (SSSR count). The van der Waals surface area contributed by atoms with E-state index in [1.807, 2.05) is 10.9 Å². The minimum absolute atomic E-state index is 0.00864. The van der Waals surface area contributed by atoms with Crippen LogP contribution in [-0.2, 0) is 16.0 Å². The van der Waals surface area contributed by atoms with Gasteiger partial charge in [-0.25, -0.2) is 9.07 Å². The molecule has 0 aliphatic heterocycles. The first-order valence-corrected chi connectivity index (χ1v) is 10.5. The maximum atomic E-state index is 13.3. The highest BCUT2D eigenvalue weighted by molar-refractivity contribution is 5.79. The van der Waals surface area contributed by atoms with Crippen molar-refractivity contribution in [3.05, 3.63) is 47.5 Å². The second-order valence-electron chi connectivity index (χ2n) is 9.26. The molecule has 0 unspecified atom stereocenters. The topological polar surface area (TPSA) is 56.1 Å². The number of nitrogens with one attached hydrogen (secondary N) is 1. The van der Waals surface area contributed by atoms with E-state index in [1.165, 1.54) is 12.1 Å². The fourth-order valence-electron chi connectivity index (χ4n) is 4.86. The van der Waals surface area contributed by atoms with E-state index >= 15 is 0 Å². The third kappa shape index (κ3) is 4.22. The fourth-order valence-corrected chi connectivity index (χ4v) is 4.86. The maximum absolute atomic E-state index is 13.3. The number of benzene rings is 1. The van der Waals surface area contributed by atoms with Gasteiger partial charge in [-0.05, 0) is 61.8 Å². The second kappa shape index (κ2) is 7.90. The first kappa shape index (κ1) is 20.1. The molecule has 2 aliphatic carbocycles. The number of fused-ring (bicyclic) bond motifs is 1. The maximum Gasteiger partial charge on any atom is 0.223 e. The third-order valence-corrected chi connectivity index (χ3v) is 6.40. The molecule has 1 heterocycles. The molecule has 0 bridgehead atoms. The molecule has 1 aromatic carbocycles. The summed E-state index contributed by atoms with van der Waals surface area (Å²) in [5.41, 5.74) is 3.04. The highest BCUT2D eigenvalue weighted by Gasteiger charge is 2.37. The van der Waals surface area contributed by atoms with Gasteiger partial charge in [0.2, 0.25) is 5.91 Å². The summed E-state index contributed by atoms with van der Waals surface area (Å²) in [4.78, 5) is 13.0. The number of rotatable bonds is 4. The van der Waals surface area contributed by atoms with Crippen LogP contribution in [0.15, 0.2) is 30.5 Å². The van der Waals surface area contributed by atoms with E-state index < -0.39 is 0 Å². The van der Waals surface area contributed by atoms with Crippen LogP contribution in [0.5, 0.6) is 0 Å². The fraction of sp³-hybridized carbons (Fsp3) is 0.565. The number of ether oxygens (including phenoxy) is 1. The molecule has 0 radical (unpaired) electrons. The molecule has 6 heteroatoms. The number of hydrogen-bond donors (Lipinski definition) is 1. The van der Waals surface area contributed by atoms with Gasteiger partial charge >= 0.3 is 0 Å². The van der Waals surface area contributed by atoms with Crippen LogP contribution in [0.3, 0.4) is 0 Å². The molecule has 1 aromatic heterocycles. The van der Waals surface area contributed by atoms with Crippen molar-refractivity contribution in [1.82, 2.24) is 15.1 Å². The van der Waals surface area contributed by atoms with Crippen LogP contribution in [0.1, 0.15) is 63.3 Å². The largest absolute Gasteiger partial charge is 0.381 e. The van der Waals surface area contributed by atoms with Crippen molar-refractivity contribution < 1.29 is 13.9 Å². The summed E-state index contributed by atoms with van der Waals surface area (Å²) in [7, 11) is 1.73. The molecule has 1 fully saturated rings. The van der Waals surface area contributed by atoms with Crippen molar-refractivity contribution in [2.45, 2.75) is 64.5 Å². The SMILES string of the molecule is CO[C@@H]1CCC[C@H](C(=O)N[C@H]2CC(C)(C)Cc3c2cnn3-c2ccc(F)cc2)C1. The van der Waals surface area contributed by atoms with Crippen LogP contribution in [0.25, 0.3) is 5.69 Å². The van der Waals surface area contributed by atoms with Crippen LogP contribution < -0.4 is 5.32 Å². The Bertz CT molecular complexity index is 875. The van der Waals surface area contributed by atoms with E-state index in [4.69, 9.17) is 4.74 Å². The molecular weight excluding hydrogens is 369 g/mol. The lowest BCUT2D eigenvalue weighted by Gasteiger charge is -2.37. The first-order chi connectivity index (χ1) is 13.9. The summed E-state index contributed by atoms with van der Waals surface area (Å²) in [6.45, 7) is 4.44. The van der Waals surface area contributed by atoms with Crippen molar-refractivity contribution in [2.75, 3.05) is 7.11 Å². The lowest BCUT2D eigenvalue weighted by molar-refractivity contribution is -0.128. The van der Waals surface area contributed by atoms with Crippen LogP contribution in [-0.4, -0.2) is 28.9 Å². The number of hydrogen-bond acceptors (Lipinski definition) is 3. The molecule has 3 atom stereocenters. The lowest BCUT2D eigenvalue weighted by atomic mass is 9.74. The average Bonchev–Trinajstić information content (AvgIpc) is 3.11. The van der Waals surface area contributed by atoms with Gasteiger partial charge in [0.1, 0.15) is 5.82 Å². The monoisotopic (exact) mass is 399 g/mol. The Kier molecular flexibility index (Phi) is 5.47. The molecule has 1 saturated carbocycles. The van der Waals surface area contributed by atoms with Crippen molar-refractivity contribution >= 4 is 5.91 Å². The van der Waals surface area contributed by atoms with E-state index in [0.29, 0.717) is 0 Å². The lowest BCUT2D eigenvalue weighted by Crippen LogP contribution is -2.41. The molecule has 156 valence electrons. The van der Waals surface area contributed by atoms with Gasteiger partial charge in [0.25, 0.3) is 0 Å². The zero-order valence-corrected chi connectivity index (χ0v) is 17.5. The number of carbonyl (C=O) groups excluding carboxylic acids is 1. The first-order valence-electron chi connectivity index (χ1n) is 10.5. The number of halogens is 1. The summed E-state index contributed by atoms with van der Waals surface area (Å²) in [5.74, 6) is -0.133. The van der Waals surface area contributed by atoms with Gasteiger partial charge in [-0.3, -0.25) is 4.79 Å². The summed E-state index contributed by atoms with van der Waals surface area (Å²) in [5, 5.41) is 7.89.